The molecule has 1 saturated heterocycles. The molecule has 3 rings (SSSR count). The number of carbonyl (C=O) groups excluding carboxylic acids is 1. The molecule has 1 N–H and O–H groups in total. The van der Waals surface area contributed by atoms with Gasteiger partial charge in [0, 0.05) is 30.3 Å². The Bertz CT molecular complexity index is 776. The predicted molar refractivity (Wildman–Crippen MR) is 85.5 cm³/mol. The van der Waals surface area contributed by atoms with Crippen molar-refractivity contribution in [3.8, 4) is 0 Å². The molecule has 1 aliphatic heterocycles. The van der Waals surface area contributed by atoms with Crippen LogP contribution in [0.15, 0.2) is 42.6 Å². The molecule has 2 unspecified atom stereocenters. The van der Waals surface area contributed by atoms with E-state index in [1.807, 2.05) is 6.92 Å². The number of aromatic nitrogens is 1. The van der Waals surface area contributed by atoms with Crippen LogP contribution in [0.2, 0.25) is 0 Å². The van der Waals surface area contributed by atoms with Crippen molar-refractivity contribution in [2.75, 3.05) is 6.54 Å². The number of pyridine rings is 1. The zero-order chi connectivity index (χ0) is 17.3. The van der Waals surface area contributed by atoms with Gasteiger partial charge in [0.2, 0.25) is 0 Å². The average Bonchev–Trinajstić information content (AvgIpc) is 2.96. The van der Waals surface area contributed by atoms with Crippen LogP contribution in [0, 0.1) is 5.82 Å². The minimum absolute atomic E-state index is 0.0222. The summed E-state index contributed by atoms with van der Waals surface area (Å²) in [7, 11) is 0. The number of rotatable bonds is 3. The van der Waals surface area contributed by atoms with Crippen molar-refractivity contribution >= 4 is 11.9 Å². The van der Waals surface area contributed by atoms with Gasteiger partial charge in [-0.05, 0) is 43.2 Å². The molecule has 0 aliphatic carbocycles. The summed E-state index contributed by atoms with van der Waals surface area (Å²) < 4.78 is 13.1. The van der Waals surface area contributed by atoms with Crippen molar-refractivity contribution in [2.24, 2.45) is 0 Å². The van der Waals surface area contributed by atoms with Crippen LogP contribution < -0.4 is 0 Å². The van der Waals surface area contributed by atoms with E-state index in [1.165, 1.54) is 30.5 Å². The Morgan fingerprint density at radius 1 is 1.25 bits per heavy atom. The van der Waals surface area contributed by atoms with Gasteiger partial charge in [-0.1, -0.05) is 12.1 Å². The Hall–Kier alpha value is -2.76. The van der Waals surface area contributed by atoms with Gasteiger partial charge < -0.3 is 10.0 Å². The molecule has 24 heavy (non-hydrogen) atoms. The first-order chi connectivity index (χ1) is 11.5. The molecule has 2 aromatic rings. The van der Waals surface area contributed by atoms with Crippen LogP contribution in [0.25, 0.3) is 0 Å². The van der Waals surface area contributed by atoms with Crippen molar-refractivity contribution in [1.29, 1.82) is 0 Å². The zero-order valence-corrected chi connectivity index (χ0v) is 13.1. The summed E-state index contributed by atoms with van der Waals surface area (Å²) >= 11 is 0. The van der Waals surface area contributed by atoms with Crippen molar-refractivity contribution < 1.29 is 19.1 Å². The monoisotopic (exact) mass is 328 g/mol. The fourth-order valence-corrected chi connectivity index (χ4v) is 3.14. The van der Waals surface area contributed by atoms with Gasteiger partial charge >= 0.3 is 5.97 Å². The molecule has 6 heteroatoms. The molecule has 1 amide bonds. The number of carbonyl (C=O) groups is 2. The molecular weight excluding hydrogens is 311 g/mol. The molecule has 0 saturated carbocycles. The lowest BCUT2D eigenvalue weighted by atomic mass is 9.97. The highest BCUT2D eigenvalue weighted by Crippen LogP contribution is 2.32. The average molecular weight is 328 g/mol. The van der Waals surface area contributed by atoms with Gasteiger partial charge in [0.25, 0.3) is 5.91 Å². The van der Waals surface area contributed by atoms with E-state index in [1.54, 1.807) is 17.0 Å². The van der Waals surface area contributed by atoms with E-state index in [4.69, 9.17) is 5.11 Å². The van der Waals surface area contributed by atoms with Crippen molar-refractivity contribution in [1.82, 2.24) is 9.88 Å². The summed E-state index contributed by atoms with van der Waals surface area (Å²) in [5.74, 6) is -1.51. The Morgan fingerprint density at radius 3 is 2.62 bits per heavy atom. The Balaban J connectivity index is 1.79. The van der Waals surface area contributed by atoms with Gasteiger partial charge in [0.05, 0.1) is 0 Å². The highest BCUT2D eigenvalue weighted by Gasteiger charge is 2.33. The Morgan fingerprint density at radius 2 is 1.96 bits per heavy atom. The lowest BCUT2D eigenvalue weighted by molar-refractivity contribution is 0.0690. The smallest absolute Gasteiger partial charge is 0.354 e. The molecular formula is C18H17FN2O3. The van der Waals surface area contributed by atoms with Crippen LogP contribution in [-0.2, 0) is 0 Å². The SMILES string of the molecule is CC1CC(c2ccc(F)cc2)CN1C(=O)c1ccnc(C(=O)O)c1. The van der Waals surface area contributed by atoms with E-state index in [-0.39, 0.29) is 29.4 Å². The van der Waals surface area contributed by atoms with Gasteiger partial charge in [-0.2, -0.15) is 0 Å². The first-order valence-electron chi connectivity index (χ1n) is 7.71. The molecule has 1 aromatic carbocycles. The normalized spacial score (nSPS) is 20.2. The maximum absolute atomic E-state index is 13.1. The third-order valence-corrected chi connectivity index (χ3v) is 4.40. The summed E-state index contributed by atoms with van der Waals surface area (Å²) in [5, 5.41) is 9.00. The lowest BCUT2D eigenvalue weighted by Gasteiger charge is -2.21. The maximum Gasteiger partial charge on any atom is 0.354 e. The van der Waals surface area contributed by atoms with Gasteiger partial charge in [0.15, 0.2) is 0 Å². The number of amides is 1. The standard InChI is InChI=1S/C18H17FN2O3/c1-11-8-14(12-2-4-15(19)5-3-12)10-21(11)17(22)13-6-7-20-16(9-13)18(23)24/h2-7,9,11,14H,8,10H2,1H3,(H,23,24). The minimum Gasteiger partial charge on any atom is -0.477 e. The topological polar surface area (TPSA) is 70.5 Å². The summed E-state index contributed by atoms with van der Waals surface area (Å²) in [4.78, 5) is 29.2. The second kappa shape index (κ2) is 6.39. The fourth-order valence-electron chi connectivity index (χ4n) is 3.14. The number of hydrogen-bond acceptors (Lipinski definition) is 3. The molecule has 2 atom stereocenters. The van der Waals surface area contributed by atoms with Crippen LogP contribution in [-0.4, -0.2) is 39.5 Å². The van der Waals surface area contributed by atoms with E-state index >= 15 is 0 Å². The van der Waals surface area contributed by atoms with Crippen molar-refractivity contribution in [3.63, 3.8) is 0 Å². The quantitative estimate of drug-likeness (QED) is 0.940. The lowest BCUT2D eigenvalue weighted by Crippen LogP contribution is -2.34. The number of benzene rings is 1. The summed E-state index contributed by atoms with van der Waals surface area (Å²) in [6.07, 6.45) is 2.11. The number of carboxylic acid groups (broad SMARTS) is 1. The van der Waals surface area contributed by atoms with Crippen LogP contribution in [0.4, 0.5) is 4.39 Å². The highest BCUT2D eigenvalue weighted by atomic mass is 19.1. The summed E-state index contributed by atoms with van der Waals surface area (Å²) in [5.41, 5.74) is 1.16. The summed E-state index contributed by atoms with van der Waals surface area (Å²) in [6, 6.07) is 9.17. The second-order valence-electron chi connectivity index (χ2n) is 6.03. The van der Waals surface area contributed by atoms with E-state index in [0.717, 1.165) is 12.0 Å². The molecule has 1 aliphatic rings. The van der Waals surface area contributed by atoms with Crippen LogP contribution >= 0.6 is 0 Å². The molecule has 1 aromatic heterocycles. The van der Waals surface area contributed by atoms with Crippen LogP contribution in [0.1, 0.15) is 45.7 Å². The molecule has 2 heterocycles. The van der Waals surface area contributed by atoms with Gasteiger partial charge in [0.1, 0.15) is 11.5 Å². The number of nitrogens with zero attached hydrogens (tertiary/aromatic N) is 2. The van der Waals surface area contributed by atoms with Gasteiger partial charge in [-0.25, -0.2) is 14.2 Å². The summed E-state index contributed by atoms with van der Waals surface area (Å²) in [6.45, 7) is 2.48. The number of aromatic carboxylic acids is 1. The molecule has 0 radical (unpaired) electrons. The highest BCUT2D eigenvalue weighted by molar-refractivity contribution is 5.97. The number of carboxylic acids is 1. The van der Waals surface area contributed by atoms with E-state index in [0.29, 0.717) is 12.1 Å². The molecule has 124 valence electrons. The molecule has 0 spiro atoms. The predicted octanol–water partition coefficient (Wildman–Crippen LogP) is 2.94. The largest absolute Gasteiger partial charge is 0.477 e. The van der Waals surface area contributed by atoms with Crippen molar-refractivity contribution in [3.05, 3.63) is 65.2 Å². The van der Waals surface area contributed by atoms with Crippen LogP contribution in [0.3, 0.4) is 0 Å². The van der Waals surface area contributed by atoms with E-state index < -0.39 is 5.97 Å². The zero-order valence-electron chi connectivity index (χ0n) is 13.1. The number of hydrogen-bond donors (Lipinski definition) is 1. The van der Waals surface area contributed by atoms with Crippen LogP contribution in [0.5, 0.6) is 0 Å². The van der Waals surface area contributed by atoms with E-state index in [2.05, 4.69) is 4.98 Å². The third-order valence-electron chi connectivity index (χ3n) is 4.40. The Labute approximate surface area is 138 Å². The number of halogens is 1. The maximum atomic E-state index is 13.1. The van der Waals surface area contributed by atoms with E-state index in [9.17, 15) is 14.0 Å². The fraction of sp³-hybridized carbons (Fsp3) is 0.278. The number of likely N-dealkylation sites (tertiary alicyclic amines) is 1. The first-order valence-corrected chi connectivity index (χ1v) is 7.71. The third kappa shape index (κ3) is 3.13. The van der Waals surface area contributed by atoms with Gasteiger partial charge in [-0.15, -0.1) is 0 Å². The molecule has 1 fully saturated rings. The molecule has 5 nitrogen and oxygen atoms in total. The second-order valence-corrected chi connectivity index (χ2v) is 6.03. The van der Waals surface area contributed by atoms with Crippen molar-refractivity contribution in [2.45, 2.75) is 25.3 Å². The van der Waals surface area contributed by atoms with Gasteiger partial charge in [-0.3, -0.25) is 4.79 Å². The Kier molecular flexibility index (Phi) is 4.29. The minimum atomic E-state index is -1.16. The first kappa shape index (κ1) is 16.1. The molecule has 0 bridgehead atoms.